The predicted octanol–water partition coefficient (Wildman–Crippen LogP) is 2.23. The Labute approximate surface area is 172 Å². The van der Waals surface area contributed by atoms with Gasteiger partial charge in [0, 0.05) is 17.8 Å². The van der Waals surface area contributed by atoms with Crippen molar-refractivity contribution in [3.63, 3.8) is 0 Å². The van der Waals surface area contributed by atoms with Crippen LogP contribution < -0.4 is 5.32 Å². The van der Waals surface area contributed by atoms with Crippen LogP contribution in [-0.4, -0.2) is 54.5 Å². The minimum atomic E-state index is -4.75. The van der Waals surface area contributed by atoms with Crippen LogP contribution in [-0.2, 0) is 29.2 Å². The molecule has 1 atom stereocenters. The molecule has 0 saturated carbocycles. The topological polar surface area (TPSA) is 147 Å². The maximum Gasteiger partial charge on any atom is 0.393 e. The number of hydrogen-bond donors (Lipinski definition) is 3. The minimum absolute atomic E-state index is 0.152. The van der Waals surface area contributed by atoms with E-state index in [4.69, 9.17) is 9.66 Å². The van der Waals surface area contributed by atoms with Crippen LogP contribution in [0.5, 0.6) is 0 Å². The fourth-order valence-electron chi connectivity index (χ4n) is 1.79. The van der Waals surface area contributed by atoms with E-state index in [9.17, 15) is 36.0 Å². The number of carbonyl (C=O) groups excluding carboxylic acids is 2. The van der Waals surface area contributed by atoms with Crippen LogP contribution in [0.2, 0.25) is 0 Å². The van der Waals surface area contributed by atoms with Crippen LogP contribution in [0.1, 0.15) is 26.7 Å². The van der Waals surface area contributed by atoms with Gasteiger partial charge in [-0.2, -0.15) is 21.6 Å². The highest BCUT2D eigenvalue weighted by molar-refractivity contribution is 7.85. The molecule has 172 valence electrons. The van der Waals surface area contributed by atoms with Crippen molar-refractivity contribution in [1.82, 2.24) is 5.32 Å². The molecule has 0 aromatic heterocycles. The molecule has 1 amide bonds. The maximum atomic E-state index is 12.2. The summed E-state index contributed by atoms with van der Waals surface area (Å²) in [6.07, 6.45) is -5.08. The highest BCUT2D eigenvalue weighted by Gasteiger charge is 2.31. The largest absolute Gasteiger partial charge is 0.478 e. The molecule has 0 saturated heterocycles. The zero-order valence-corrected chi connectivity index (χ0v) is 17.2. The Morgan fingerprint density at radius 3 is 2.13 bits per heavy atom. The number of esters is 1. The van der Waals surface area contributed by atoms with E-state index >= 15 is 0 Å². The Bertz CT molecular complexity index is 772. The fourth-order valence-corrected chi connectivity index (χ4v) is 2.63. The van der Waals surface area contributed by atoms with Crippen LogP contribution >= 0.6 is 0 Å². The van der Waals surface area contributed by atoms with Gasteiger partial charge in [0.05, 0.1) is 24.4 Å². The van der Waals surface area contributed by atoms with Crippen molar-refractivity contribution in [3.05, 3.63) is 36.6 Å². The molecule has 1 unspecified atom stereocenters. The van der Waals surface area contributed by atoms with Gasteiger partial charge in [-0.05, 0) is 19.3 Å². The van der Waals surface area contributed by atoms with Crippen molar-refractivity contribution in [3.8, 4) is 0 Å². The normalized spacial score (nSPS) is 12.7. The van der Waals surface area contributed by atoms with Gasteiger partial charge in [-0.1, -0.05) is 20.1 Å². The molecule has 0 aliphatic rings. The maximum absolute atomic E-state index is 12.2. The number of nitrogens with one attached hydrogen (secondary N) is 1. The Kier molecular flexibility index (Phi) is 13.3. The SMILES string of the molecule is C=C(CC(C)CS(=O)(=O)O)C(=O)NC=C(CC(F)(F)F)C(=O)O.C=CC(=O)OCC. The third-order valence-corrected chi connectivity index (χ3v) is 3.90. The van der Waals surface area contributed by atoms with Gasteiger partial charge in [0.2, 0.25) is 0 Å². The molecule has 0 aliphatic heterocycles. The molecule has 9 nitrogen and oxygen atoms in total. The van der Waals surface area contributed by atoms with E-state index in [2.05, 4.69) is 17.9 Å². The van der Waals surface area contributed by atoms with E-state index in [1.54, 1.807) is 6.92 Å². The Balaban J connectivity index is 0. The Morgan fingerprint density at radius 2 is 1.80 bits per heavy atom. The predicted molar refractivity (Wildman–Crippen MR) is 101 cm³/mol. The summed E-state index contributed by atoms with van der Waals surface area (Å²) in [6.45, 7) is 10.1. The monoisotopic (exact) mass is 459 g/mol. The van der Waals surface area contributed by atoms with E-state index in [1.165, 1.54) is 6.92 Å². The lowest BCUT2D eigenvalue weighted by molar-refractivity contribution is -0.143. The first-order valence-electron chi connectivity index (χ1n) is 8.24. The molecule has 0 aromatic carbocycles. The average Bonchev–Trinajstić information content (AvgIpc) is 2.55. The van der Waals surface area contributed by atoms with E-state index in [0.29, 0.717) is 12.8 Å². The number of aliphatic carboxylic acids is 1. The molecule has 0 heterocycles. The summed E-state index contributed by atoms with van der Waals surface area (Å²) in [5.41, 5.74) is -1.24. The van der Waals surface area contributed by atoms with Crippen LogP contribution in [0.25, 0.3) is 0 Å². The van der Waals surface area contributed by atoms with Gasteiger partial charge in [-0.3, -0.25) is 9.35 Å². The van der Waals surface area contributed by atoms with E-state index < -0.39 is 51.8 Å². The summed E-state index contributed by atoms with van der Waals surface area (Å²) in [6, 6.07) is 0. The van der Waals surface area contributed by atoms with Gasteiger partial charge in [-0.15, -0.1) is 0 Å². The summed E-state index contributed by atoms with van der Waals surface area (Å²) < 4.78 is 70.9. The van der Waals surface area contributed by atoms with Crippen molar-refractivity contribution >= 4 is 28.0 Å². The summed E-state index contributed by atoms with van der Waals surface area (Å²) in [4.78, 5) is 32.3. The third kappa shape index (κ3) is 17.4. The number of rotatable bonds is 10. The Hall–Kier alpha value is -2.67. The number of carboxylic acids is 1. The second-order valence-corrected chi connectivity index (χ2v) is 7.35. The average molecular weight is 459 g/mol. The third-order valence-electron chi connectivity index (χ3n) is 2.91. The first-order chi connectivity index (χ1) is 13.5. The number of carboxylic acid groups (broad SMARTS) is 1. The Morgan fingerprint density at radius 1 is 1.27 bits per heavy atom. The van der Waals surface area contributed by atoms with Crippen LogP contribution in [0.3, 0.4) is 0 Å². The highest BCUT2D eigenvalue weighted by atomic mass is 32.2. The second kappa shape index (κ2) is 13.5. The van der Waals surface area contributed by atoms with Gasteiger partial charge >= 0.3 is 18.1 Å². The molecule has 13 heteroatoms. The van der Waals surface area contributed by atoms with E-state index in [-0.39, 0.29) is 18.0 Å². The molecular weight excluding hydrogens is 435 g/mol. The van der Waals surface area contributed by atoms with Crippen molar-refractivity contribution in [2.24, 2.45) is 5.92 Å². The summed E-state index contributed by atoms with van der Waals surface area (Å²) in [7, 11) is -4.24. The fraction of sp³-hybridized carbons (Fsp3) is 0.471. The summed E-state index contributed by atoms with van der Waals surface area (Å²) in [5, 5.41) is 10.5. The zero-order chi connectivity index (χ0) is 24.1. The number of carbonyl (C=O) groups is 3. The van der Waals surface area contributed by atoms with Crippen LogP contribution in [0, 0.1) is 5.92 Å². The number of alkyl halides is 3. The zero-order valence-electron chi connectivity index (χ0n) is 16.4. The molecule has 0 spiro atoms. The summed E-state index contributed by atoms with van der Waals surface area (Å²) >= 11 is 0. The second-order valence-electron chi connectivity index (χ2n) is 5.86. The standard InChI is InChI=1S/C12H16F3NO6S.C5H8O2/c1-7(6-23(20,21)22)3-8(2)10(17)16-5-9(11(18)19)4-12(13,14)15;1-3-5(6)7-4-2/h5,7H,2-4,6H2,1H3,(H,16,17)(H,18,19)(H,20,21,22);3H,1,4H2,2H3. The lowest BCUT2D eigenvalue weighted by atomic mass is 10.0. The minimum Gasteiger partial charge on any atom is -0.478 e. The van der Waals surface area contributed by atoms with Crippen LogP contribution in [0.4, 0.5) is 13.2 Å². The lowest BCUT2D eigenvalue weighted by Crippen LogP contribution is -2.24. The molecule has 0 fully saturated rings. The molecule has 0 aromatic rings. The van der Waals surface area contributed by atoms with E-state index in [1.807, 2.05) is 5.32 Å². The molecule has 3 N–H and O–H groups in total. The van der Waals surface area contributed by atoms with Crippen molar-refractivity contribution in [2.45, 2.75) is 32.9 Å². The van der Waals surface area contributed by atoms with Gasteiger partial charge < -0.3 is 15.2 Å². The number of amides is 1. The molecule has 0 bridgehead atoms. The van der Waals surface area contributed by atoms with Crippen LogP contribution in [0.15, 0.2) is 36.6 Å². The molecule has 30 heavy (non-hydrogen) atoms. The van der Waals surface area contributed by atoms with Crippen molar-refractivity contribution in [2.75, 3.05) is 12.4 Å². The van der Waals surface area contributed by atoms with Crippen molar-refractivity contribution in [1.29, 1.82) is 0 Å². The van der Waals surface area contributed by atoms with E-state index in [0.717, 1.165) is 6.08 Å². The lowest BCUT2D eigenvalue weighted by Gasteiger charge is -2.11. The number of ether oxygens (including phenoxy) is 1. The number of hydrogen-bond acceptors (Lipinski definition) is 6. The molecule has 0 aliphatic carbocycles. The van der Waals surface area contributed by atoms with Crippen molar-refractivity contribution < 1.29 is 50.4 Å². The first kappa shape index (κ1) is 29.5. The molecule has 0 radical (unpaired) electrons. The number of halogens is 3. The summed E-state index contributed by atoms with van der Waals surface area (Å²) in [5.74, 6) is -4.44. The first-order valence-corrected chi connectivity index (χ1v) is 9.85. The highest BCUT2D eigenvalue weighted by Crippen LogP contribution is 2.24. The quantitative estimate of drug-likeness (QED) is 0.256. The molecule has 0 rings (SSSR count). The van der Waals surface area contributed by atoms with Gasteiger partial charge in [0.1, 0.15) is 0 Å². The smallest absolute Gasteiger partial charge is 0.393 e. The van der Waals surface area contributed by atoms with Gasteiger partial charge in [0.25, 0.3) is 16.0 Å². The molecular formula is C17H24F3NO8S. The van der Waals surface area contributed by atoms with Gasteiger partial charge in [-0.25, -0.2) is 9.59 Å². The van der Waals surface area contributed by atoms with Gasteiger partial charge in [0.15, 0.2) is 0 Å².